The molecular formula is C19H19NO6. The Morgan fingerprint density at radius 2 is 1.81 bits per heavy atom. The van der Waals surface area contributed by atoms with Crippen LogP contribution in [0.3, 0.4) is 0 Å². The van der Waals surface area contributed by atoms with E-state index in [0.717, 1.165) is 17.3 Å². The highest BCUT2D eigenvalue weighted by atomic mass is 16.6. The van der Waals surface area contributed by atoms with Gasteiger partial charge in [0.15, 0.2) is 18.1 Å². The van der Waals surface area contributed by atoms with Crippen LogP contribution in [0.1, 0.15) is 16.7 Å². The summed E-state index contributed by atoms with van der Waals surface area (Å²) in [5.41, 5.74) is 2.62. The summed E-state index contributed by atoms with van der Waals surface area (Å²) in [5.74, 6) is 0.498. The largest absolute Gasteiger partial charge is 0.493 e. The van der Waals surface area contributed by atoms with Crippen molar-refractivity contribution in [2.24, 2.45) is 0 Å². The molecule has 2 rings (SSSR count). The van der Waals surface area contributed by atoms with Crippen molar-refractivity contribution >= 4 is 12.0 Å². The molecule has 0 aromatic heterocycles. The number of hydrogen-bond acceptors (Lipinski definition) is 6. The van der Waals surface area contributed by atoms with Crippen LogP contribution in [-0.4, -0.2) is 24.6 Å². The molecule has 0 unspecified atom stereocenters. The number of carbonyl (C=O) groups is 1. The minimum Gasteiger partial charge on any atom is -0.493 e. The molecule has 0 aliphatic rings. The fourth-order valence-corrected chi connectivity index (χ4v) is 2.33. The van der Waals surface area contributed by atoms with Crippen molar-refractivity contribution in [2.45, 2.75) is 13.8 Å². The van der Waals surface area contributed by atoms with Crippen molar-refractivity contribution in [2.75, 3.05) is 13.7 Å². The molecule has 0 heterocycles. The van der Waals surface area contributed by atoms with Gasteiger partial charge in [-0.05, 0) is 54.8 Å². The third-order valence-electron chi connectivity index (χ3n) is 3.35. The first-order valence-electron chi connectivity index (χ1n) is 7.79. The van der Waals surface area contributed by atoms with E-state index < -0.39 is 10.9 Å². The van der Waals surface area contributed by atoms with Crippen molar-refractivity contribution in [1.29, 1.82) is 0 Å². The van der Waals surface area contributed by atoms with Gasteiger partial charge in [0.05, 0.1) is 12.0 Å². The molecule has 2 aromatic carbocycles. The smallest absolute Gasteiger partial charge is 0.349 e. The van der Waals surface area contributed by atoms with Crippen molar-refractivity contribution in [3.63, 3.8) is 0 Å². The number of aryl methyl sites for hydroxylation is 2. The predicted octanol–water partition coefficient (Wildman–Crippen LogP) is 3.54. The molecule has 0 bridgehead atoms. The van der Waals surface area contributed by atoms with Gasteiger partial charge in [-0.25, -0.2) is 4.79 Å². The summed E-state index contributed by atoms with van der Waals surface area (Å²) in [5, 5.41) is 10.4. The minimum absolute atomic E-state index is 0.208. The summed E-state index contributed by atoms with van der Waals surface area (Å²) < 4.78 is 15.9. The summed E-state index contributed by atoms with van der Waals surface area (Å²) in [6, 6.07) is 10.3. The molecule has 0 aliphatic carbocycles. The molecule has 0 atom stereocenters. The number of methoxy groups -OCH3 is 1. The Balaban J connectivity index is 2.02. The first-order chi connectivity index (χ1) is 12.4. The normalized spacial score (nSPS) is 10.6. The van der Waals surface area contributed by atoms with Crippen molar-refractivity contribution in [3.8, 4) is 17.2 Å². The number of hydrogen-bond donors (Lipinski definition) is 0. The first kappa shape index (κ1) is 19.0. The zero-order chi connectivity index (χ0) is 19.1. The van der Waals surface area contributed by atoms with Gasteiger partial charge in [-0.2, -0.15) is 0 Å². The Morgan fingerprint density at radius 1 is 1.12 bits per heavy atom. The molecule has 0 saturated heterocycles. The Bertz CT molecular complexity index is 824. The number of nitrogens with zero attached hydrogens (tertiary/aromatic N) is 1. The van der Waals surface area contributed by atoms with E-state index in [9.17, 15) is 14.9 Å². The molecular weight excluding hydrogens is 338 g/mol. The molecule has 136 valence electrons. The topological polar surface area (TPSA) is 87.9 Å². The zero-order valence-electron chi connectivity index (χ0n) is 14.7. The molecule has 0 saturated carbocycles. The van der Waals surface area contributed by atoms with E-state index >= 15 is 0 Å². The quantitative estimate of drug-likeness (QED) is 0.326. The van der Waals surface area contributed by atoms with Gasteiger partial charge in [0, 0.05) is 6.08 Å². The maximum absolute atomic E-state index is 12.0. The molecule has 0 spiro atoms. The lowest BCUT2D eigenvalue weighted by Crippen LogP contribution is -2.18. The summed E-state index contributed by atoms with van der Waals surface area (Å²) in [6.07, 6.45) is 2.13. The number of benzene rings is 2. The number of nitro groups is 1. The molecule has 0 amide bonds. The number of ether oxygens (including phenoxy) is 3. The Kier molecular flexibility index (Phi) is 6.32. The first-order valence-corrected chi connectivity index (χ1v) is 7.79. The fraction of sp³-hybridized carbons (Fsp3) is 0.211. The van der Waals surface area contributed by atoms with Crippen LogP contribution < -0.4 is 14.2 Å². The third kappa shape index (κ3) is 5.62. The number of rotatable bonds is 7. The summed E-state index contributed by atoms with van der Waals surface area (Å²) in [4.78, 5) is 21.8. The van der Waals surface area contributed by atoms with Crippen LogP contribution in [0.2, 0.25) is 0 Å². The maximum atomic E-state index is 12.0. The van der Waals surface area contributed by atoms with Crippen LogP contribution in [0.15, 0.2) is 42.6 Å². The molecule has 0 N–H and O–H groups in total. The SMILES string of the molecule is COc1cc(/C=C/[N+](=O)[O-])ccc1OC(=O)COc1cc(C)cc(C)c1. The molecule has 2 aromatic rings. The second kappa shape index (κ2) is 8.66. The molecule has 0 aliphatic heterocycles. The molecule has 26 heavy (non-hydrogen) atoms. The molecule has 7 nitrogen and oxygen atoms in total. The van der Waals surface area contributed by atoms with E-state index in [0.29, 0.717) is 11.3 Å². The van der Waals surface area contributed by atoms with Gasteiger partial charge in [0.2, 0.25) is 6.20 Å². The van der Waals surface area contributed by atoms with E-state index in [1.54, 1.807) is 6.07 Å². The van der Waals surface area contributed by atoms with E-state index in [1.807, 2.05) is 32.0 Å². The number of carbonyl (C=O) groups excluding carboxylic acids is 1. The van der Waals surface area contributed by atoms with E-state index in [4.69, 9.17) is 14.2 Å². The zero-order valence-corrected chi connectivity index (χ0v) is 14.7. The molecule has 0 radical (unpaired) electrons. The van der Waals surface area contributed by atoms with Crippen LogP contribution in [0.25, 0.3) is 6.08 Å². The maximum Gasteiger partial charge on any atom is 0.349 e. The Hall–Kier alpha value is -3.35. The summed E-state index contributed by atoms with van der Waals surface area (Å²) in [6.45, 7) is 3.63. The van der Waals surface area contributed by atoms with Crippen molar-refractivity contribution < 1.29 is 23.9 Å². The summed E-state index contributed by atoms with van der Waals surface area (Å²) >= 11 is 0. The molecule has 0 fully saturated rings. The Morgan fingerprint density at radius 3 is 2.42 bits per heavy atom. The number of esters is 1. The minimum atomic E-state index is -0.587. The van der Waals surface area contributed by atoms with Gasteiger partial charge in [-0.15, -0.1) is 0 Å². The molecule has 7 heteroatoms. The van der Waals surface area contributed by atoms with Crippen LogP contribution in [-0.2, 0) is 4.79 Å². The van der Waals surface area contributed by atoms with Gasteiger partial charge in [-0.3, -0.25) is 10.1 Å². The lowest BCUT2D eigenvalue weighted by atomic mass is 10.1. The average Bonchev–Trinajstić information content (AvgIpc) is 2.58. The van der Waals surface area contributed by atoms with Crippen LogP contribution in [0.5, 0.6) is 17.2 Å². The highest BCUT2D eigenvalue weighted by Gasteiger charge is 2.12. The lowest BCUT2D eigenvalue weighted by molar-refractivity contribution is -0.400. The van der Waals surface area contributed by atoms with Crippen LogP contribution in [0, 0.1) is 24.0 Å². The van der Waals surface area contributed by atoms with Crippen molar-refractivity contribution in [3.05, 3.63) is 69.4 Å². The average molecular weight is 357 g/mol. The fourth-order valence-electron chi connectivity index (χ4n) is 2.33. The van der Waals surface area contributed by atoms with Crippen LogP contribution >= 0.6 is 0 Å². The van der Waals surface area contributed by atoms with E-state index in [-0.39, 0.29) is 18.1 Å². The van der Waals surface area contributed by atoms with Gasteiger partial charge in [-0.1, -0.05) is 12.1 Å². The van der Waals surface area contributed by atoms with E-state index in [2.05, 4.69) is 0 Å². The highest BCUT2D eigenvalue weighted by Crippen LogP contribution is 2.28. The van der Waals surface area contributed by atoms with E-state index in [1.165, 1.54) is 25.3 Å². The predicted molar refractivity (Wildman–Crippen MR) is 96.1 cm³/mol. The summed E-state index contributed by atoms with van der Waals surface area (Å²) in [7, 11) is 1.42. The van der Waals surface area contributed by atoms with Gasteiger partial charge < -0.3 is 14.2 Å². The van der Waals surface area contributed by atoms with Gasteiger partial charge >= 0.3 is 5.97 Å². The highest BCUT2D eigenvalue weighted by molar-refractivity contribution is 5.75. The van der Waals surface area contributed by atoms with Crippen molar-refractivity contribution in [1.82, 2.24) is 0 Å². The third-order valence-corrected chi connectivity index (χ3v) is 3.35. The van der Waals surface area contributed by atoms with Gasteiger partial charge in [0.1, 0.15) is 5.75 Å². The lowest BCUT2D eigenvalue weighted by Gasteiger charge is -2.11. The Labute approximate surface area is 151 Å². The standard InChI is InChI=1S/C19H19NO6/c1-13-8-14(2)10-16(9-13)25-12-19(21)26-17-5-4-15(6-7-20(22)23)11-18(17)24-3/h4-11H,12H2,1-3H3/b7-6+. The second-order valence-electron chi connectivity index (χ2n) is 5.60. The monoisotopic (exact) mass is 357 g/mol. The van der Waals surface area contributed by atoms with Gasteiger partial charge in [0.25, 0.3) is 0 Å². The second-order valence-corrected chi connectivity index (χ2v) is 5.60. The van der Waals surface area contributed by atoms with Crippen LogP contribution in [0.4, 0.5) is 0 Å².